The van der Waals surface area contributed by atoms with E-state index in [1.54, 1.807) is 31.6 Å². The molecular weight excluding hydrogens is 378 g/mol. The van der Waals surface area contributed by atoms with Crippen molar-refractivity contribution in [2.45, 2.75) is 0 Å². The Morgan fingerprint density at radius 1 is 1.00 bits per heavy atom. The van der Waals surface area contributed by atoms with E-state index in [4.69, 9.17) is 4.74 Å². The van der Waals surface area contributed by atoms with Gasteiger partial charge in [0.25, 0.3) is 0 Å². The van der Waals surface area contributed by atoms with Crippen LogP contribution in [0.3, 0.4) is 0 Å². The third-order valence-corrected chi connectivity index (χ3v) is 5.21. The molecule has 2 N–H and O–H groups in total. The maximum atomic E-state index is 11.2. The number of nitrogens with zero attached hydrogens (tertiary/aromatic N) is 2. The highest BCUT2D eigenvalue weighted by Crippen LogP contribution is 2.41. The van der Waals surface area contributed by atoms with Crippen LogP contribution < -0.4 is 4.74 Å². The lowest BCUT2D eigenvalue weighted by atomic mass is 9.97. The third kappa shape index (κ3) is 2.86. The minimum atomic E-state index is -0.953. The smallest absolute Gasteiger partial charge is 0.335 e. The van der Waals surface area contributed by atoms with Crippen molar-refractivity contribution >= 4 is 27.8 Å². The molecule has 5 aromatic rings. The van der Waals surface area contributed by atoms with E-state index in [1.165, 1.54) is 0 Å². The van der Waals surface area contributed by atoms with Gasteiger partial charge in [0.1, 0.15) is 5.75 Å². The predicted molar refractivity (Wildman–Crippen MR) is 116 cm³/mol. The van der Waals surface area contributed by atoms with Gasteiger partial charge in [0.2, 0.25) is 0 Å². The normalized spacial score (nSPS) is 11.1. The molecule has 146 valence electrons. The number of fused-ring (bicyclic) bond motifs is 3. The Balaban J connectivity index is 1.80. The van der Waals surface area contributed by atoms with Gasteiger partial charge in [0.15, 0.2) is 0 Å². The molecule has 0 saturated carbocycles. The molecule has 0 saturated heterocycles. The van der Waals surface area contributed by atoms with Gasteiger partial charge in [0, 0.05) is 39.8 Å². The Bertz CT molecular complexity index is 1390. The van der Waals surface area contributed by atoms with E-state index in [0.717, 1.165) is 44.2 Å². The van der Waals surface area contributed by atoms with Crippen LogP contribution in [0.25, 0.3) is 44.2 Å². The Morgan fingerprint density at radius 3 is 2.53 bits per heavy atom. The summed E-state index contributed by atoms with van der Waals surface area (Å²) in [5.41, 5.74) is 5.65. The van der Waals surface area contributed by atoms with Crippen LogP contribution in [0.15, 0.2) is 73.2 Å². The van der Waals surface area contributed by atoms with Gasteiger partial charge in [-0.15, -0.1) is 0 Å². The van der Waals surface area contributed by atoms with Crippen molar-refractivity contribution < 1.29 is 14.6 Å². The molecule has 0 spiro atoms. The van der Waals surface area contributed by atoms with Crippen molar-refractivity contribution in [3.8, 4) is 28.1 Å². The lowest BCUT2D eigenvalue weighted by Crippen LogP contribution is -1.95. The summed E-state index contributed by atoms with van der Waals surface area (Å²) in [6, 6.07) is 16.6. The molecule has 0 bridgehead atoms. The zero-order valence-corrected chi connectivity index (χ0v) is 16.1. The second-order valence-corrected chi connectivity index (χ2v) is 6.93. The minimum Gasteiger partial charge on any atom is -0.496 e. The van der Waals surface area contributed by atoms with Gasteiger partial charge in [-0.05, 0) is 48.0 Å². The van der Waals surface area contributed by atoms with Crippen molar-refractivity contribution in [1.82, 2.24) is 15.0 Å². The highest BCUT2D eigenvalue weighted by molar-refractivity contribution is 6.16. The SMILES string of the molecule is COc1ccc2[nH]c3cnc(-c4cccnc4)cc3c2c1-c1ccc(C(=O)O)cc1. The van der Waals surface area contributed by atoms with E-state index < -0.39 is 5.97 Å². The lowest BCUT2D eigenvalue weighted by molar-refractivity contribution is 0.0697. The number of hydrogen-bond donors (Lipinski definition) is 2. The summed E-state index contributed by atoms with van der Waals surface area (Å²) in [6.45, 7) is 0. The van der Waals surface area contributed by atoms with Crippen molar-refractivity contribution in [2.24, 2.45) is 0 Å². The summed E-state index contributed by atoms with van der Waals surface area (Å²) in [4.78, 5) is 23.4. The average Bonchev–Trinajstić information content (AvgIpc) is 3.17. The Labute approximate surface area is 171 Å². The molecule has 3 aromatic heterocycles. The Kier molecular flexibility index (Phi) is 4.17. The van der Waals surface area contributed by atoms with Gasteiger partial charge in [-0.3, -0.25) is 9.97 Å². The van der Waals surface area contributed by atoms with Crippen LogP contribution in [-0.4, -0.2) is 33.1 Å². The molecule has 5 rings (SSSR count). The number of nitrogens with one attached hydrogen (secondary N) is 1. The molecule has 3 heterocycles. The van der Waals surface area contributed by atoms with Crippen LogP contribution in [0.5, 0.6) is 5.75 Å². The maximum absolute atomic E-state index is 11.2. The first-order valence-electron chi connectivity index (χ1n) is 9.38. The van der Waals surface area contributed by atoms with E-state index in [-0.39, 0.29) is 5.56 Å². The highest BCUT2D eigenvalue weighted by atomic mass is 16.5. The Hall–Kier alpha value is -4.19. The van der Waals surface area contributed by atoms with Gasteiger partial charge in [-0.2, -0.15) is 0 Å². The van der Waals surface area contributed by atoms with Crippen LogP contribution in [0.2, 0.25) is 0 Å². The summed E-state index contributed by atoms with van der Waals surface area (Å²) in [7, 11) is 1.63. The molecule has 2 aromatic carbocycles. The molecule has 0 aliphatic carbocycles. The third-order valence-electron chi connectivity index (χ3n) is 5.21. The summed E-state index contributed by atoms with van der Waals surface area (Å²) in [6.07, 6.45) is 5.34. The molecule has 0 aliphatic rings. The van der Waals surface area contributed by atoms with E-state index in [1.807, 2.05) is 48.7 Å². The van der Waals surface area contributed by atoms with Crippen LogP contribution >= 0.6 is 0 Å². The summed E-state index contributed by atoms with van der Waals surface area (Å²) < 4.78 is 5.66. The number of ether oxygens (including phenoxy) is 1. The van der Waals surface area contributed by atoms with Gasteiger partial charge in [-0.1, -0.05) is 12.1 Å². The molecular formula is C24H17N3O3. The van der Waals surface area contributed by atoms with Gasteiger partial charge in [-0.25, -0.2) is 4.79 Å². The monoisotopic (exact) mass is 395 g/mol. The molecule has 6 heteroatoms. The number of carbonyl (C=O) groups is 1. The number of H-pyrrole nitrogens is 1. The summed E-state index contributed by atoms with van der Waals surface area (Å²) in [5.74, 6) is -0.239. The number of rotatable bonds is 4. The minimum absolute atomic E-state index is 0.242. The van der Waals surface area contributed by atoms with Crippen LogP contribution in [-0.2, 0) is 0 Å². The number of pyridine rings is 2. The first kappa shape index (κ1) is 17.9. The molecule has 0 atom stereocenters. The number of aromatic amines is 1. The molecule has 6 nitrogen and oxygen atoms in total. The van der Waals surface area contributed by atoms with Crippen LogP contribution in [0.4, 0.5) is 0 Å². The highest BCUT2D eigenvalue weighted by Gasteiger charge is 2.17. The van der Waals surface area contributed by atoms with E-state index in [0.29, 0.717) is 5.75 Å². The first-order valence-corrected chi connectivity index (χ1v) is 9.38. The lowest BCUT2D eigenvalue weighted by Gasteiger charge is -2.11. The fraction of sp³-hybridized carbons (Fsp3) is 0.0417. The largest absolute Gasteiger partial charge is 0.496 e. The molecule has 0 aliphatic heterocycles. The number of carboxylic acid groups (broad SMARTS) is 1. The van der Waals surface area contributed by atoms with Crippen LogP contribution in [0.1, 0.15) is 10.4 Å². The number of aromatic carboxylic acids is 1. The van der Waals surface area contributed by atoms with Crippen LogP contribution in [0, 0.1) is 0 Å². The molecule has 30 heavy (non-hydrogen) atoms. The fourth-order valence-corrected chi connectivity index (χ4v) is 3.78. The molecule has 0 radical (unpaired) electrons. The first-order chi connectivity index (χ1) is 14.7. The van der Waals surface area contributed by atoms with Crippen molar-refractivity contribution in [1.29, 1.82) is 0 Å². The van der Waals surface area contributed by atoms with Gasteiger partial charge in [0.05, 0.1) is 30.1 Å². The number of methoxy groups -OCH3 is 1. The number of benzene rings is 2. The van der Waals surface area contributed by atoms with Crippen molar-refractivity contribution in [3.05, 3.63) is 78.8 Å². The van der Waals surface area contributed by atoms with Crippen molar-refractivity contribution in [2.75, 3.05) is 7.11 Å². The zero-order valence-electron chi connectivity index (χ0n) is 16.1. The molecule has 0 fully saturated rings. The number of aromatic nitrogens is 3. The quantitative estimate of drug-likeness (QED) is 0.439. The fourth-order valence-electron chi connectivity index (χ4n) is 3.78. The van der Waals surface area contributed by atoms with Gasteiger partial charge < -0.3 is 14.8 Å². The van der Waals surface area contributed by atoms with Crippen molar-refractivity contribution in [3.63, 3.8) is 0 Å². The van der Waals surface area contributed by atoms with E-state index in [9.17, 15) is 9.90 Å². The Morgan fingerprint density at radius 2 is 1.83 bits per heavy atom. The predicted octanol–water partition coefficient (Wildman–Crippen LogP) is 5.15. The number of carboxylic acids is 1. The zero-order chi connectivity index (χ0) is 20.7. The second kappa shape index (κ2) is 7.00. The number of hydrogen-bond acceptors (Lipinski definition) is 4. The second-order valence-electron chi connectivity index (χ2n) is 6.93. The molecule has 0 unspecified atom stereocenters. The van der Waals surface area contributed by atoms with E-state index in [2.05, 4.69) is 15.0 Å². The summed E-state index contributed by atoms with van der Waals surface area (Å²) >= 11 is 0. The molecule has 0 amide bonds. The maximum Gasteiger partial charge on any atom is 0.335 e. The summed E-state index contributed by atoms with van der Waals surface area (Å²) in [5, 5.41) is 11.2. The average molecular weight is 395 g/mol. The standard InChI is InChI=1S/C24H17N3O3/c1-30-21-9-8-18-23(22(21)14-4-6-15(7-5-14)24(28)29)17-11-19(26-13-20(17)27-18)16-3-2-10-25-12-16/h2-13,27H,1H3,(H,28,29). The topological polar surface area (TPSA) is 88.1 Å². The van der Waals surface area contributed by atoms with E-state index >= 15 is 0 Å². The van der Waals surface area contributed by atoms with Gasteiger partial charge >= 0.3 is 5.97 Å².